The minimum absolute atomic E-state index is 0.0831. The van der Waals surface area contributed by atoms with Crippen molar-refractivity contribution < 1.29 is 8.42 Å². The molecule has 1 aromatic heterocycles. The summed E-state index contributed by atoms with van der Waals surface area (Å²) in [5.74, 6) is -0.252. The third-order valence-corrected chi connectivity index (χ3v) is 2.89. The Morgan fingerprint density at radius 1 is 1.46 bits per heavy atom. The van der Waals surface area contributed by atoms with Crippen molar-refractivity contribution in [3.63, 3.8) is 0 Å². The lowest BCUT2D eigenvalue weighted by Gasteiger charge is -1.96. The van der Waals surface area contributed by atoms with Crippen molar-refractivity contribution in [2.45, 2.75) is 5.75 Å². The van der Waals surface area contributed by atoms with Crippen LogP contribution in [0.5, 0.6) is 0 Å². The fraction of sp³-hybridized carbons (Fsp3) is 0.286. The topological polar surface area (TPSA) is 82.8 Å². The summed E-state index contributed by atoms with van der Waals surface area (Å²) in [5, 5.41) is 4.73. The van der Waals surface area contributed by atoms with E-state index in [4.69, 9.17) is 0 Å². The standard InChI is InChI=1S/C7H10N2O3S/c1-2-3-13(11,12)5-6-4-7(10)9-8-6/h2,4H,1,3,5H2,(H2,8,9,10). The van der Waals surface area contributed by atoms with Crippen molar-refractivity contribution >= 4 is 9.84 Å². The zero-order valence-corrected chi connectivity index (χ0v) is 7.73. The molecule has 1 aromatic rings. The molecule has 5 nitrogen and oxygen atoms in total. The molecule has 72 valence electrons. The average molecular weight is 202 g/mol. The molecule has 0 bridgehead atoms. The lowest BCUT2D eigenvalue weighted by Crippen LogP contribution is -2.07. The van der Waals surface area contributed by atoms with E-state index in [1.807, 2.05) is 0 Å². The molecule has 1 heterocycles. The van der Waals surface area contributed by atoms with Gasteiger partial charge in [-0.15, -0.1) is 6.58 Å². The van der Waals surface area contributed by atoms with Gasteiger partial charge in [0.25, 0.3) is 5.56 Å². The van der Waals surface area contributed by atoms with Gasteiger partial charge in [-0.05, 0) is 0 Å². The van der Waals surface area contributed by atoms with Crippen LogP contribution in [-0.2, 0) is 15.6 Å². The van der Waals surface area contributed by atoms with Crippen molar-refractivity contribution in [2.24, 2.45) is 0 Å². The Hall–Kier alpha value is -1.30. The van der Waals surface area contributed by atoms with Gasteiger partial charge < -0.3 is 5.10 Å². The van der Waals surface area contributed by atoms with Crippen molar-refractivity contribution in [1.29, 1.82) is 0 Å². The summed E-state index contributed by atoms with van der Waals surface area (Å²) in [6.07, 6.45) is 1.32. The first-order valence-corrected chi connectivity index (χ1v) is 5.43. The van der Waals surface area contributed by atoms with Gasteiger partial charge in [0.05, 0.1) is 17.2 Å². The molecule has 0 aromatic carbocycles. The highest BCUT2D eigenvalue weighted by Crippen LogP contribution is 2.00. The minimum atomic E-state index is -3.18. The second-order valence-corrected chi connectivity index (χ2v) is 4.74. The second kappa shape index (κ2) is 3.61. The lowest BCUT2D eigenvalue weighted by molar-refractivity contribution is 0.597. The molecule has 2 N–H and O–H groups in total. The van der Waals surface area contributed by atoms with E-state index in [1.165, 1.54) is 12.1 Å². The summed E-state index contributed by atoms with van der Waals surface area (Å²) in [4.78, 5) is 10.6. The molecule has 0 saturated carbocycles. The zero-order chi connectivity index (χ0) is 9.90. The molecule has 0 radical (unpaired) electrons. The molecule has 0 amide bonds. The average Bonchev–Trinajstić information content (AvgIpc) is 2.34. The van der Waals surface area contributed by atoms with Gasteiger partial charge in [-0.1, -0.05) is 6.08 Å². The number of hydrogen-bond donors (Lipinski definition) is 2. The number of aromatic amines is 2. The van der Waals surface area contributed by atoms with Crippen LogP contribution in [0, 0.1) is 0 Å². The quantitative estimate of drug-likeness (QED) is 0.663. The molecule has 13 heavy (non-hydrogen) atoms. The molecule has 0 atom stereocenters. The summed E-state index contributed by atoms with van der Waals surface area (Å²) < 4.78 is 22.4. The first-order chi connectivity index (χ1) is 6.03. The SMILES string of the molecule is C=CCS(=O)(=O)Cc1cc(=O)[nH][nH]1. The number of H-pyrrole nitrogens is 2. The van der Waals surface area contributed by atoms with Crippen LogP contribution in [0.15, 0.2) is 23.5 Å². The number of rotatable bonds is 4. The number of aromatic nitrogens is 2. The Balaban J connectivity index is 2.80. The lowest BCUT2D eigenvalue weighted by atomic mass is 10.5. The molecule has 6 heteroatoms. The van der Waals surface area contributed by atoms with Crippen LogP contribution in [0.3, 0.4) is 0 Å². The molecule has 0 aliphatic carbocycles. The van der Waals surface area contributed by atoms with E-state index < -0.39 is 9.84 Å². The number of sulfone groups is 1. The Labute approximate surface area is 75.4 Å². The van der Waals surface area contributed by atoms with Gasteiger partial charge in [0.2, 0.25) is 0 Å². The van der Waals surface area contributed by atoms with Crippen molar-refractivity contribution in [3.8, 4) is 0 Å². The fourth-order valence-corrected chi connectivity index (χ4v) is 2.03. The predicted molar refractivity (Wildman–Crippen MR) is 49.1 cm³/mol. The maximum Gasteiger partial charge on any atom is 0.264 e. The molecule has 0 unspecified atom stereocenters. The summed E-state index contributed by atoms with van der Waals surface area (Å²) in [5.41, 5.74) is 0.0376. The van der Waals surface area contributed by atoms with Crippen LogP contribution in [0.2, 0.25) is 0 Å². The van der Waals surface area contributed by atoms with E-state index in [2.05, 4.69) is 16.8 Å². The Bertz CT molecular complexity index is 440. The van der Waals surface area contributed by atoms with Crippen LogP contribution in [0.4, 0.5) is 0 Å². The largest absolute Gasteiger partial charge is 0.301 e. The van der Waals surface area contributed by atoms with Crippen LogP contribution in [0.1, 0.15) is 5.69 Å². The predicted octanol–water partition coefficient (Wildman–Crippen LogP) is -0.196. The van der Waals surface area contributed by atoms with E-state index in [0.29, 0.717) is 5.69 Å². The molecule has 0 fully saturated rings. The molecule has 0 aliphatic heterocycles. The molecular weight excluding hydrogens is 192 g/mol. The minimum Gasteiger partial charge on any atom is -0.301 e. The maximum absolute atomic E-state index is 11.2. The molecule has 0 spiro atoms. The highest BCUT2D eigenvalue weighted by Gasteiger charge is 2.10. The van der Waals surface area contributed by atoms with Gasteiger partial charge in [-0.3, -0.25) is 9.89 Å². The molecular formula is C7H10N2O3S. The fourth-order valence-electron chi connectivity index (χ4n) is 0.925. The highest BCUT2D eigenvalue weighted by molar-refractivity contribution is 7.90. The maximum atomic E-state index is 11.2. The first kappa shape index (κ1) is 9.79. The molecule has 1 rings (SSSR count). The van der Waals surface area contributed by atoms with Gasteiger partial charge in [0, 0.05) is 6.07 Å². The van der Waals surface area contributed by atoms with Gasteiger partial charge in [0.15, 0.2) is 9.84 Å². The molecule has 0 aliphatic rings. The smallest absolute Gasteiger partial charge is 0.264 e. The van der Waals surface area contributed by atoms with Crippen LogP contribution < -0.4 is 5.56 Å². The van der Waals surface area contributed by atoms with Crippen LogP contribution >= 0.6 is 0 Å². The normalized spacial score (nSPS) is 11.4. The third kappa shape index (κ3) is 2.90. The van der Waals surface area contributed by atoms with Gasteiger partial charge in [-0.2, -0.15) is 0 Å². The summed E-state index contributed by atoms with van der Waals surface area (Å²) in [6, 6.07) is 1.22. The van der Waals surface area contributed by atoms with Crippen molar-refractivity contribution in [2.75, 3.05) is 5.75 Å². The van der Waals surface area contributed by atoms with Gasteiger partial charge in [-0.25, -0.2) is 8.42 Å². The van der Waals surface area contributed by atoms with Crippen LogP contribution in [-0.4, -0.2) is 24.4 Å². The summed E-state index contributed by atoms with van der Waals surface area (Å²) >= 11 is 0. The Morgan fingerprint density at radius 2 is 2.15 bits per heavy atom. The third-order valence-electron chi connectivity index (χ3n) is 1.40. The summed E-state index contributed by atoms with van der Waals surface area (Å²) in [6.45, 7) is 3.33. The van der Waals surface area contributed by atoms with E-state index in [0.717, 1.165) is 0 Å². The van der Waals surface area contributed by atoms with E-state index >= 15 is 0 Å². The van der Waals surface area contributed by atoms with Crippen molar-refractivity contribution in [1.82, 2.24) is 10.2 Å². The van der Waals surface area contributed by atoms with E-state index in [9.17, 15) is 13.2 Å². The van der Waals surface area contributed by atoms with E-state index in [-0.39, 0.29) is 17.1 Å². The first-order valence-electron chi connectivity index (χ1n) is 3.61. The van der Waals surface area contributed by atoms with Gasteiger partial charge in [0.1, 0.15) is 0 Å². The summed E-state index contributed by atoms with van der Waals surface area (Å²) in [7, 11) is -3.18. The number of hydrogen-bond acceptors (Lipinski definition) is 3. The van der Waals surface area contributed by atoms with E-state index in [1.54, 1.807) is 0 Å². The second-order valence-electron chi connectivity index (χ2n) is 2.63. The highest BCUT2D eigenvalue weighted by atomic mass is 32.2. The van der Waals surface area contributed by atoms with Gasteiger partial charge >= 0.3 is 0 Å². The van der Waals surface area contributed by atoms with Crippen LogP contribution in [0.25, 0.3) is 0 Å². The Kier molecular flexibility index (Phi) is 2.72. The Morgan fingerprint density at radius 3 is 2.62 bits per heavy atom. The number of nitrogens with one attached hydrogen (secondary N) is 2. The van der Waals surface area contributed by atoms with Crippen molar-refractivity contribution in [3.05, 3.63) is 34.8 Å². The monoisotopic (exact) mass is 202 g/mol. The molecule has 0 saturated heterocycles. The zero-order valence-electron chi connectivity index (χ0n) is 6.91.